The first-order chi connectivity index (χ1) is 9.75. The molecule has 3 rings (SSSR count). The number of imidazole rings is 1. The minimum absolute atomic E-state index is 0.420. The normalized spacial score (nSPS) is 12.7. The van der Waals surface area contributed by atoms with Gasteiger partial charge in [-0.1, -0.05) is 42.5 Å². The van der Waals surface area contributed by atoms with Crippen molar-refractivity contribution in [1.82, 2.24) is 4.98 Å². The number of H-pyrrole nitrogens is 1. The lowest BCUT2D eigenvalue weighted by Gasteiger charge is -2.09. The fourth-order valence-corrected chi connectivity index (χ4v) is 2.64. The number of aromatic nitrogens is 2. The largest absolute Gasteiger partial charge is 0.388 e. The molecule has 2 N–H and O–H groups in total. The van der Waals surface area contributed by atoms with E-state index >= 15 is 0 Å². The summed E-state index contributed by atoms with van der Waals surface area (Å²) in [6, 6.07) is 18.1. The first kappa shape index (κ1) is 12.9. The second-order valence-electron chi connectivity index (χ2n) is 5.09. The fraction of sp³-hybridized carbons (Fsp3) is 0.235. The lowest BCUT2D eigenvalue weighted by atomic mass is 10.1. The van der Waals surface area contributed by atoms with Crippen LogP contribution in [-0.4, -0.2) is 10.1 Å². The number of hydrogen-bond donors (Lipinski definition) is 2. The summed E-state index contributed by atoms with van der Waals surface area (Å²) in [5, 5.41) is 10.3. The first-order valence-electron chi connectivity index (χ1n) is 6.96. The molecule has 0 aliphatic heterocycles. The van der Waals surface area contributed by atoms with Crippen LogP contribution in [0.5, 0.6) is 0 Å². The molecule has 1 aromatic heterocycles. The summed E-state index contributed by atoms with van der Waals surface area (Å²) in [7, 11) is 0. The highest BCUT2D eigenvalue weighted by Gasteiger charge is 2.16. The smallest absolute Gasteiger partial charge is 0.251 e. The van der Waals surface area contributed by atoms with E-state index in [1.54, 1.807) is 0 Å². The number of aliphatic hydroxyl groups excluding tert-OH is 1. The molecule has 0 radical (unpaired) electrons. The van der Waals surface area contributed by atoms with Crippen LogP contribution in [0.1, 0.15) is 23.9 Å². The predicted molar refractivity (Wildman–Crippen MR) is 79.2 cm³/mol. The van der Waals surface area contributed by atoms with E-state index in [2.05, 4.69) is 28.6 Å². The lowest BCUT2D eigenvalue weighted by molar-refractivity contribution is -0.678. The van der Waals surface area contributed by atoms with Crippen LogP contribution in [0, 0.1) is 6.92 Å². The molecule has 0 bridgehead atoms. The number of aromatic amines is 1. The summed E-state index contributed by atoms with van der Waals surface area (Å²) < 4.78 is 2.22. The molecule has 20 heavy (non-hydrogen) atoms. The van der Waals surface area contributed by atoms with Crippen molar-refractivity contribution in [3.8, 4) is 0 Å². The standard InChI is InChI=1S/C17H18N2O/c1-13-18-15-9-5-6-10-16(15)19(13)12-11-17(20)14-7-3-2-4-8-14/h2-10,17,20H,11-12H2,1H3/p+1. The van der Waals surface area contributed by atoms with Gasteiger partial charge in [0.25, 0.3) is 5.82 Å². The Morgan fingerprint density at radius 2 is 1.75 bits per heavy atom. The molecule has 0 amide bonds. The SMILES string of the molecule is Cc1[nH]c2ccccc2[n+]1CCC(O)c1ccccc1. The number of benzene rings is 2. The second kappa shape index (κ2) is 5.47. The van der Waals surface area contributed by atoms with Crippen LogP contribution in [0.2, 0.25) is 0 Å². The summed E-state index contributed by atoms with van der Waals surface area (Å²) in [5.74, 6) is 1.12. The molecule has 0 saturated heterocycles. The zero-order valence-corrected chi connectivity index (χ0v) is 11.6. The Morgan fingerprint density at radius 3 is 2.55 bits per heavy atom. The van der Waals surface area contributed by atoms with Crippen molar-refractivity contribution < 1.29 is 9.67 Å². The van der Waals surface area contributed by atoms with Gasteiger partial charge in [-0.25, -0.2) is 9.55 Å². The van der Waals surface area contributed by atoms with Gasteiger partial charge >= 0.3 is 0 Å². The minimum Gasteiger partial charge on any atom is -0.388 e. The Bertz CT molecular complexity index is 703. The number of nitrogens with zero attached hydrogens (tertiary/aromatic N) is 1. The Labute approximate surface area is 118 Å². The molecule has 0 spiro atoms. The third-order valence-corrected chi connectivity index (χ3v) is 3.73. The molecule has 0 aliphatic carbocycles. The Kier molecular flexibility index (Phi) is 3.52. The van der Waals surface area contributed by atoms with Crippen LogP contribution >= 0.6 is 0 Å². The Balaban J connectivity index is 1.79. The van der Waals surface area contributed by atoms with Crippen molar-refractivity contribution in [3.63, 3.8) is 0 Å². The molecular weight excluding hydrogens is 248 g/mol. The zero-order chi connectivity index (χ0) is 13.9. The molecular formula is C17H19N2O+. The summed E-state index contributed by atoms with van der Waals surface area (Å²) in [4.78, 5) is 3.37. The molecule has 1 atom stereocenters. The molecule has 0 fully saturated rings. The number of aryl methyl sites for hydroxylation is 2. The van der Waals surface area contributed by atoms with Gasteiger partial charge in [0.15, 0.2) is 11.0 Å². The molecule has 3 nitrogen and oxygen atoms in total. The highest BCUT2D eigenvalue weighted by atomic mass is 16.3. The van der Waals surface area contributed by atoms with E-state index in [4.69, 9.17) is 0 Å². The summed E-state index contributed by atoms with van der Waals surface area (Å²) in [6.07, 6.45) is 0.286. The summed E-state index contributed by atoms with van der Waals surface area (Å²) in [5.41, 5.74) is 3.30. The highest BCUT2D eigenvalue weighted by Crippen LogP contribution is 2.16. The van der Waals surface area contributed by atoms with Gasteiger partial charge in [-0.05, 0) is 17.7 Å². The van der Waals surface area contributed by atoms with Gasteiger partial charge in [0.2, 0.25) is 0 Å². The first-order valence-corrected chi connectivity index (χ1v) is 6.96. The summed E-state index contributed by atoms with van der Waals surface area (Å²) >= 11 is 0. The number of hydrogen-bond acceptors (Lipinski definition) is 1. The van der Waals surface area contributed by atoms with Crippen molar-refractivity contribution in [2.45, 2.75) is 26.0 Å². The van der Waals surface area contributed by atoms with Gasteiger partial charge in [-0.15, -0.1) is 0 Å². The highest BCUT2D eigenvalue weighted by molar-refractivity contribution is 5.70. The minimum atomic E-state index is -0.420. The molecule has 3 aromatic rings. The van der Waals surface area contributed by atoms with E-state index in [0.717, 1.165) is 23.4 Å². The van der Waals surface area contributed by atoms with Crippen molar-refractivity contribution in [1.29, 1.82) is 0 Å². The van der Waals surface area contributed by atoms with Crippen molar-refractivity contribution >= 4 is 11.0 Å². The second-order valence-corrected chi connectivity index (χ2v) is 5.09. The zero-order valence-electron chi connectivity index (χ0n) is 11.6. The van der Waals surface area contributed by atoms with Gasteiger partial charge in [-0.2, -0.15) is 0 Å². The Hall–Kier alpha value is -2.13. The van der Waals surface area contributed by atoms with Crippen LogP contribution in [0.15, 0.2) is 54.6 Å². The lowest BCUT2D eigenvalue weighted by Crippen LogP contribution is -2.36. The average molecular weight is 267 g/mol. The quantitative estimate of drug-likeness (QED) is 0.701. The molecule has 0 saturated carbocycles. The van der Waals surface area contributed by atoms with Gasteiger partial charge in [0.05, 0.1) is 12.6 Å². The monoisotopic (exact) mass is 267 g/mol. The van der Waals surface area contributed by atoms with E-state index in [1.165, 1.54) is 5.52 Å². The van der Waals surface area contributed by atoms with Crippen LogP contribution in [0.25, 0.3) is 11.0 Å². The van der Waals surface area contributed by atoms with Crippen molar-refractivity contribution in [2.75, 3.05) is 0 Å². The molecule has 3 heteroatoms. The van der Waals surface area contributed by atoms with E-state index in [-0.39, 0.29) is 0 Å². The topological polar surface area (TPSA) is 39.9 Å². The maximum Gasteiger partial charge on any atom is 0.251 e. The van der Waals surface area contributed by atoms with E-state index < -0.39 is 6.10 Å². The summed E-state index contributed by atoms with van der Waals surface area (Å²) in [6.45, 7) is 2.86. The number of nitrogens with one attached hydrogen (secondary N) is 1. The molecule has 1 unspecified atom stereocenters. The van der Waals surface area contributed by atoms with Gasteiger partial charge in [0.1, 0.15) is 0 Å². The van der Waals surface area contributed by atoms with E-state index in [0.29, 0.717) is 6.42 Å². The third kappa shape index (κ3) is 2.45. The molecule has 1 heterocycles. The average Bonchev–Trinajstić information content (AvgIpc) is 2.81. The molecule has 2 aromatic carbocycles. The van der Waals surface area contributed by atoms with Crippen LogP contribution < -0.4 is 4.57 Å². The number of aliphatic hydroxyl groups is 1. The van der Waals surface area contributed by atoms with E-state index in [9.17, 15) is 5.11 Å². The van der Waals surface area contributed by atoms with Crippen LogP contribution in [0.4, 0.5) is 0 Å². The van der Waals surface area contributed by atoms with Crippen LogP contribution in [-0.2, 0) is 6.54 Å². The Morgan fingerprint density at radius 1 is 1.05 bits per heavy atom. The van der Waals surface area contributed by atoms with Gasteiger partial charge in [0, 0.05) is 13.3 Å². The number of rotatable bonds is 4. The third-order valence-electron chi connectivity index (χ3n) is 3.73. The maximum absolute atomic E-state index is 10.3. The van der Waals surface area contributed by atoms with E-state index in [1.807, 2.05) is 42.5 Å². The predicted octanol–water partition coefficient (Wildman–Crippen LogP) is 2.89. The number of para-hydroxylation sites is 2. The van der Waals surface area contributed by atoms with Crippen LogP contribution in [0.3, 0.4) is 0 Å². The maximum atomic E-state index is 10.3. The van der Waals surface area contributed by atoms with Gasteiger partial charge in [-0.3, -0.25) is 0 Å². The molecule has 102 valence electrons. The molecule has 0 aliphatic rings. The van der Waals surface area contributed by atoms with Gasteiger partial charge < -0.3 is 5.11 Å². The van der Waals surface area contributed by atoms with Crippen molar-refractivity contribution in [2.24, 2.45) is 0 Å². The fourth-order valence-electron chi connectivity index (χ4n) is 2.64. The number of fused-ring (bicyclic) bond motifs is 1. The van der Waals surface area contributed by atoms with Crippen molar-refractivity contribution in [3.05, 3.63) is 66.0 Å².